The highest BCUT2D eigenvalue weighted by atomic mass is 35.5. The Balaban J connectivity index is 2.86. The maximum absolute atomic E-state index is 11.0. The average Bonchev–Trinajstić information content (AvgIpc) is 2.30. The Labute approximate surface area is 112 Å². The fourth-order valence-electron chi connectivity index (χ4n) is 1.54. The van der Waals surface area contributed by atoms with Crippen LogP contribution in [0.4, 0.5) is 0 Å². The zero-order valence-electron chi connectivity index (χ0n) is 10.5. The Morgan fingerprint density at radius 2 is 2.22 bits per heavy atom. The summed E-state index contributed by atoms with van der Waals surface area (Å²) in [6, 6.07) is 5.03. The Bertz CT molecular complexity index is 421. The summed E-state index contributed by atoms with van der Waals surface area (Å²) in [5.74, 6) is -0.605. The second-order valence-electron chi connectivity index (χ2n) is 4.21. The molecule has 0 aromatic heterocycles. The van der Waals surface area contributed by atoms with Gasteiger partial charge in [0.2, 0.25) is 0 Å². The number of ether oxygens (including phenoxy) is 1. The van der Waals surface area contributed by atoms with Crippen molar-refractivity contribution in [2.24, 2.45) is 5.73 Å². The van der Waals surface area contributed by atoms with Crippen molar-refractivity contribution in [2.75, 3.05) is 0 Å². The molecular weight excluding hydrogens is 254 g/mol. The van der Waals surface area contributed by atoms with Gasteiger partial charge in [0, 0.05) is 6.04 Å². The van der Waals surface area contributed by atoms with E-state index in [0.717, 1.165) is 12.0 Å². The van der Waals surface area contributed by atoms with Gasteiger partial charge in [0.1, 0.15) is 5.75 Å². The molecule has 0 saturated heterocycles. The lowest BCUT2D eigenvalue weighted by Gasteiger charge is -2.16. The average molecular weight is 272 g/mol. The van der Waals surface area contributed by atoms with Gasteiger partial charge in [-0.1, -0.05) is 31.0 Å². The molecule has 1 aromatic rings. The van der Waals surface area contributed by atoms with Crippen molar-refractivity contribution in [1.82, 2.24) is 0 Å². The summed E-state index contributed by atoms with van der Waals surface area (Å²) < 4.78 is 5.41. The number of aliphatic carboxylic acids is 1. The van der Waals surface area contributed by atoms with Crippen LogP contribution in [0.2, 0.25) is 5.02 Å². The number of nitrogens with two attached hydrogens (primary N) is 1. The summed E-state index contributed by atoms with van der Waals surface area (Å²) in [6.45, 7) is 3.75. The first-order valence-corrected chi connectivity index (χ1v) is 6.28. The van der Waals surface area contributed by atoms with E-state index in [2.05, 4.69) is 0 Å². The maximum atomic E-state index is 11.0. The summed E-state index contributed by atoms with van der Waals surface area (Å²) >= 11 is 6.05. The van der Waals surface area contributed by atoms with E-state index in [9.17, 15) is 4.79 Å². The van der Waals surface area contributed by atoms with Gasteiger partial charge in [-0.05, 0) is 31.0 Å². The van der Waals surface area contributed by atoms with Gasteiger partial charge < -0.3 is 15.6 Å². The summed E-state index contributed by atoms with van der Waals surface area (Å²) in [5, 5.41) is 9.39. The van der Waals surface area contributed by atoms with Gasteiger partial charge in [-0.15, -0.1) is 0 Å². The highest BCUT2D eigenvalue weighted by Crippen LogP contribution is 2.28. The van der Waals surface area contributed by atoms with Crippen molar-refractivity contribution in [1.29, 1.82) is 0 Å². The summed E-state index contributed by atoms with van der Waals surface area (Å²) in [7, 11) is 0. The van der Waals surface area contributed by atoms with Crippen LogP contribution >= 0.6 is 11.6 Å². The van der Waals surface area contributed by atoms with Crippen LogP contribution in [0.15, 0.2) is 18.2 Å². The van der Waals surface area contributed by atoms with E-state index >= 15 is 0 Å². The normalized spacial score (nSPS) is 14.0. The van der Waals surface area contributed by atoms with Crippen molar-refractivity contribution < 1.29 is 14.6 Å². The lowest BCUT2D eigenvalue weighted by atomic mass is 10.1. The van der Waals surface area contributed by atoms with Gasteiger partial charge in [0.25, 0.3) is 0 Å². The molecule has 1 unspecified atom stereocenters. The Morgan fingerprint density at radius 1 is 1.56 bits per heavy atom. The Hall–Kier alpha value is -1.26. The number of hydrogen-bond donors (Lipinski definition) is 2. The van der Waals surface area contributed by atoms with Gasteiger partial charge in [-0.2, -0.15) is 0 Å². The second kappa shape index (κ2) is 6.61. The van der Waals surface area contributed by atoms with E-state index in [4.69, 9.17) is 27.2 Å². The predicted octanol–water partition coefficient (Wildman–Crippen LogP) is 2.99. The fraction of sp³-hybridized carbons (Fsp3) is 0.462. The topological polar surface area (TPSA) is 72.5 Å². The second-order valence-corrected chi connectivity index (χ2v) is 4.62. The first-order chi connectivity index (χ1) is 8.45. The highest BCUT2D eigenvalue weighted by molar-refractivity contribution is 6.32. The number of carboxylic acid groups (broad SMARTS) is 1. The van der Waals surface area contributed by atoms with Gasteiger partial charge in [0.05, 0.1) is 5.02 Å². The van der Waals surface area contributed by atoms with Gasteiger partial charge >= 0.3 is 5.97 Å². The monoisotopic (exact) mass is 271 g/mol. The molecule has 3 N–H and O–H groups in total. The first-order valence-electron chi connectivity index (χ1n) is 5.90. The molecule has 4 nitrogen and oxygen atoms in total. The molecule has 0 heterocycles. The van der Waals surface area contributed by atoms with Gasteiger partial charge in [0.15, 0.2) is 6.10 Å². The molecule has 0 amide bonds. The van der Waals surface area contributed by atoms with Crippen LogP contribution in [0.1, 0.15) is 38.3 Å². The minimum Gasteiger partial charge on any atom is -0.479 e. The largest absolute Gasteiger partial charge is 0.479 e. The van der Waals surface area contributed by atoms with Crippen molar-refractivity contribution in [3.63, 3.8) is 0 Å². The minimum absolute atomic E-state index is 0.123. The molecule has 1 aromatic carbocycles. The lowest BCUT2D eigenvalue weighted by molar-refractivity contribution is -0.145. The van der Waals surface area contributed by atoms with Crippen molar-refractivity contribution in [3.8, 4) is 5.75 Å². The molecule has 100 valence electrons. The maximum Gasteiger partial charge on any atom is 0.344 e. The van der Waals surface area contributed by atoms with E-state index < -0.39 is 12.1 Å². The van der Waals surface area contributed by atoms with Crippen LogP contribution in [0, 0.1) is 0 Å². The molecule has 0 bridgehead atoms. The molecule has 0 aliphatic carbocycles. The SMILES string of the molecule is CCCC(Oc1ccc([C@H](C)N)cc1Cl)C(=O)O. The van der Waals surface area contributed by atoms with E-state index in [1.54, 1.807) is 18.2 Å². The molecule has 0 radical (unpaired) electrons. The molecule has 0 spiro atoms. The van der Waals surface area contributed by atoms with Crippen molar-refractivity contribution in [3.05, 3.63) is 28.8 Å². The number of benzene rings is 1. The zero-order chi connectivity index (χ0) is 13.7. The molecule has 0 saturated carbocycles. The Morgan fingerprint density at radius 3 is 2.67 bits per heavy atom. The third-order valence-corrected chi connectivity index (χ3v) is 2.87. The Kier molecular flexibility index (Phi) is 5.44. The molecule has 0 aliphatic rings. The summed E-state index contributed by atoms with van der Waals surface area (Å²) in [5.41, 5.74) is 6.62. The molecular formula is C13H18ClNO3. The van der Waals surface area contributed by atoms with E-state index in [0.29, 0.717) is 17.2 Å². The first kappa shape index (κ1) is 14.8. The van der Waals surface area contributed by atoms with Crippen LogP contribution < -0.4 is 10.5 Å². The molecule has 0 fully saturated rings. The van der Waals surface area contributed by atoms with Crippen LogP contribution in [-0.2, 0) is 4.79 Å². The van der Waals surface area contributed by atoms with E-state index in [-0.39, 0.29) is 6.04 Å². The smallest absolute Gasteiger partial charge is 0.344 e. The van der Waals surface area contributed by atoms with E-state index in [1.165, 1.54) is 0 Å². The summed E-state index contributed by atoms with van der Waals surface area (Å²) in [6.07, 6.45) is 0.307. The van der Waals surface area contributed by atoms with Gasteiger partial charge in [-0.3, -0.25) is 0 Å². The van der Waals surface area contributed by atoms with Gasteiger partial charge in [-0.25, -0.2) is 4.79 Å². The quantitative estimate of drug-likeness (QED) is 0.834. The van der Waals surface area contributed by atoms with Crippen molar-refractivity contribution in [2.45, 2.75) is 38.8 Å². The number of halogens is 1. The van der Waals surface area contributed by atoms with Crippen LogP contribution in [-0.4, -0.2) is 17.2 Å². The number of rotatable bonds is 6. The van der Waals surface area contributed by atoms with Crippen LogP contribution in [0.5, 0.6) is 5.75 Å². The van der Waals surface area contributed by atoms with Crippen LogP contribution in [0.3, 0.4) is 0 Å². The third-order valence-electron chi connectivity index (χ3n) is 2.58. The predicted molar refractivity (Wildman–Crippen MR) is 71.0 cm³/mol. The van der Waals surface area contributed by atoms with Crippen molar-refractivity contribution >= 4 is 17.6 Å². The molecule has 0 aliphatic heterocycles. The fourth-order valence-corrected chi connectivity index (χ4v) is 1.78. The molecule has 18 heavy (non-hydrogen) atoms. The molecule has 2 atom stereocenters. The number of hydrogen-bond acceptors (Lipinski definition) is 3. The zero-order valence-corrected chi connectivity index (χ0v) is 11.3. The van der Waals surface area contributed by atoms with Crippen LogP contribution in [0.25, 0.3) is 0 Å². The lowest BCUT2D eigenvalue weighted by Crippen LogP contribution is -2.26. The summed E-state index contributed by atoms with van der Waals surface area (Å²) in [4.78, 5) is 11.0. The molecule has 5 heteroatoms. The standard InChI is InChI=1S/C13H18ClNO3/c1-3-4-12(13(16)17)18-11-6-5-9(8(2)15)7-10(11)14/h5-8,12H,3-4,15H2,1-2H3,(H,16,17)/t8-,12?/m0/s1. The number of carboxylic acids is 1. The number of carbonyl (C=O) groups is 1. The minimum atomic E-state index is -0.982. The molecule has 1 rings (SSSR count). The van der Waals surface area contributed by atoms with E-state index in [1.807, 2.05) is 13.8 Å². The third kappa shape index (κ3) is 3.89. The highest BCUT2D eigenvalue weighted by Gasteiger charge is 2.19.